The number of rotatable bonds is 2. The number of aryl methyl sites for hydroxylation is 2. The molecule has 0 N–H and O–H groups in total. The van der Waals surface area contributed by atoms with Crippen LogP contribution in [0.1, 0.15) is 27.6 Å². The van der Waals surface area contributed by atoms with Crippen molar-refractivity contribution in [3.05, 3.63) is 69.7 Å². The van der Waals surface area contributed by atoms with Crippen molar-refractivity contribution < 1.29 is 0 Å². The molecule has 0 heterocycles. The van der Waals surface area contributed by atoms with Crippen LogP contribution in [0.2, 0.25) is 5.02 Å². The summed E-state index contributed by atoms with van der Waals surface area (Å²) in [7, 11) is 0. The Morgan fingerprint density at radius 3 is 2.24 bits per heavy atom. The van der Waals surface area contributed by atoms with Crippen LogP contribution in [0.3, 0.4) is 0 Å². The van der Waals surface area contributed by atoms with Crippen LogP contribution in [0, 0.1) is 13.8 Å². The number of hydrogen-bond acceptors (Lipinski definition) is 0. The third-order valence-corrected chi connectivity index (χ3v) is 3.61. The van der Waals surface area contributed by atoms with E-state index in [1.54, 1.807) is 0 Å². The van der Waals surface area contributed by atoms with E-state index in [1.807, 2.05) is 18.2 Å². The predicted octanol–water partition coefficient (Wildman–Crippen LogP) is 5.29. The van der Waals surface area contributed by atoms with Gasteiger partial charge in [0.25, 0.3) is 0 Å². The second-order valence-corrected chi connectivity index (χ2v) is 5.15. The Balaban J connectivity index is 2.39. The maximum atomic E-state index is 6.50. The summed E-state index contributed by atoms with van der Waals surface area (Å²) in [6, 6.07) is 14.1. The molecule has 2 heteroatoms. The molecular formula is C15H14Cl2. The van der Waals surface area contributed by atoms with E-state index in [0.29, 0.717) is 0 Å². The molecule has 0 amide bonds. The fraction of sp³-hybridized carbons (Fsp3) is 0.200. The highest BCUT2D eigenvalue weighted by Gasteiger charge is 2.13. The van der Waals surface area contributed by atoms with Gasteiger partial charge in [0, 0.05) is 5.02 Å². The lowest BCUT2D eigenvalue weighted by molar-refractivity contribution is 1.11. The molecule has 0 aliphatic rings. The lowest BCUT2D eigenvalue weighted by Gasteiger charge is -2.14. The number of alkyl halides is 1. The van der Waals surface area contributed by atoms with Crippen molar-refractivity contribution in [1.29, 1.82) is 0 Å². The zero-order valence-corrected chi connectivity index (χ0v) is 11.4. The zero-order valence-electron chi connectivity index (χ0n) is 9.87. The van der Waals surface area contributed by atoms with Gasteiger partial charge in [0.1, 0.15) is 0 Å². The molecule has 1 unspecified atom stereocenters. The standard InChI is InChI=1S/C15H14Cl2/c1-10-3-6-12(7-4-10)15(17)14-9-13(16)8-5-11(14)2/h3-9,15H,1-2H3. The number of benzene rings is 2. The highest BCUT2D eigenvalue weighted by Crippen LogP contribution is 2.32. The van der Waals surface area contributed by atoms with Crippen molar-refractivity contribution in [2.24, 2.45) is 0 Å². The molecule has 0 aromatic heterocycles. The fourth-order valence-corrected chi connectivity index (χ4v) is 2.36. The van der Waals surface area contributed by atoms with Gasteiger partial charge in [0.2, 0.25) is 0 Å². The first-order valence-corrected chi connectivity index (χ1v) is 6.36. The van der Waals surface area contributed by atoms with Crippen molar-refractivity contribution in [1.82, 2.24) is 0 Å². The smallest absolute Gasteiger partial charge is 0.0838 e. The summed E-state index contributed by atoms with van der Waals surface area (Å²) >= 11 is 12.5. The van der Waals surface area contributed by atoms with E-state index in [2.05, 4.69) is 38.1 Å². The van der Waals surface area contributed by atoms with Gasteiger partial charge in [-0.25, -0.2) is 0 Å². The van der Waals surface area contributed by atoms with Crippen molar-refractivity contribution in [3.8, 4) is 0 Å². The molecule has 0 bridgehead atoms. The highest BCUT2D eigenvalue weighted by molar-refractivity contribution is 6.31. The van der Waals surface area contributed by atoms with Gasteiger partial charge in [-0.15, -0.1) is 11.6 Å². The van der Waals surface area contributed by atoms with Crippen molar-refractivity contribution >= 4 is 23.2 Å². The van der Waals surface area contributed by atoms with E-state index in [-0.39, 0.29) is 5.38 Å². The SMILES string of the molecule is Cc1ccc(C(Cl)c2cc(Cl)ccc2C)cc1. The molecule has 0 saturated carbocycles. The summed E-state index contributed by atoms with van der Waals surface area (Å²) in [4.78, 5) is 0. The monoisotopic (exact) mass is 264 g/mol. The Bertz CT molecular complexity index is 515. The molecule has 0 saturated heterocycles. The lowest BCUT2D eigenvalue weighted by Crippen LogP contribution is -1.96. The van der Waals surface area contributed by atoms with E-state index in [1.165, 1.54) is 5.56 Å². The molecule has 0 aliphatic carbocycles. The summed E-state index contributed by atoms with van der Waals surface area (Å²) in [6.45, 7) is 4.12. The van der Waals surface area contributed by atoms with Crippen LogP contribution >= 0.6 is 23.2 Å². The summed E-state index contributed by atoms with van der Waals surface area (Å²) in [5, 5.41) is 0.581. The Morgan fingerprint density at radius 2 is 1.59 bits per heavy atom. The molecule has 88 valence electrons. The van der Waals surface area contributed by atoms with Crippen molar-refractivity contribution in [3.63, 3.8) is 0 Å². The Kier molecular flexibility index (Phi) is 3.76. The zero-order chi connectivity index (χ0) is 12.4. The van der Waals surface area contributed by atoms with Crippen LogP contribution in [-0.4, -0.2) is 0 Å². The normalized spacial score (nSPS) is 12.5. The van der Waals surface area contributed by atoms with E-state index >= 15 is 0 Å². The highest BCUT2D eigenvalue weighted by atomic mass is 35.5. The first kappa shape index (κ1) is 12.5. The van der Waals surface area contributed by atoms with Crippen LogP contribution < -0.4 is 0 Å². The van der Waals surface area contributed by atoms with E-state index in [9.17, 15) is 0 Å². The van der Waals surface area contributed by atoms with Crippen molar-refractivity contribution in [2.75, 3.05) is 0 Å². The molecule has 0 nitrogen and oxygen atoms in total. The third-order valence-electron chi connectivity index (χ3n) is 2.88. The summed E-state index contributed by atoms with van der Waals surface area (Å²) in [5.74, 6) is 0. The molecule has 1 atom stereocenters. The number of hydrogen-bond donors (Lipinski definition) is 0. The number of halogens is 2. The van der Waals surface area contributed by atoms with Gasteiger partial charge in [-0.2, -0.15) is 0 Å². The van der Waals surface area contributed by atoms with Gasteiger partial charge in [0.05, 0.1) is 5.38 Å². The van der Waals surface area contributed by atoms with E-state index < -0.39 is 0 Å². The third kappa shape index (κ3) is 2.83. The maximum Gasteiger partial charge on any atom is 0.0838 e. The lowest BCUT2D eigenvalue weighted by atomic mass is 9.99. The fourth-order valence-electron chi connectivity index (χ4n) is 1.80. The quantitative estimate of drug-likeness (QED) is 0.647. The van der Waals surface area contributed by atoms with Crippen LogP contribution in [0.25, 0.3) is 0 Å². The van der Waals surface area contributed by atoms with Gasteiger partial charge in [-0.05, 0) is 42.7 Å². The molecule has 2 aromatic carbocycles. The summed E-state index contributed by atoms with van der Waals surface area (Å²) in [6.07, 6.45) is 0. The Labute approximate surface area is 112 Å². The Morgan fingerprint density at radius 1 is 0.941 bits per heavy atom. The average molecular weight is 265 g/mol. The largest absolute Gasteiger partial charge is 0.113 e. The molecule has 2 aromatic rings. The Hall–Kier alpha value is -0.980. The predicted molar refractivity (Wildman–Crippen MR) is 75.1 cm³/mol. The first-order valence-electron chi connectivity index (χ1n) is 5.54. The topological polar surface area (TPSA) is 0 Å². The molecule has 17 heavy (non-hydrogen) atoms. The van der Waals surface area contributed by atoms with Gasteiger partial charge in [0.15, 0.2) is 0 Å². The molecular weight excluding hydrogens is 251 g/mol. The van der Waals surface area contributed by atoms with E-state index in [4.69, 9.17) is 23.2 Å². The minimum atomic E-state index is -0.144. The minimum absolute atomic E-state index is 0.144. The molecule has 2 rings (SSSR count). The van der Waals surface area contributed by atoms with Crippen LogP contribution in [-0.2, 0) is 0 Å². The molecule has 0 fully saturated rings. The summed E-state index contributed by atoms with van der Waals surface area (Å²) in [5.41, 5.74) is 4.57. The second-order valence-electron chi connectivity index (χ2n) is 4.27. The molecule has 0 spiro atoms. The molecule has 0 aliphatic heterocycles. The van der Waals surface area contributed by atoms with Crippen LogP contribution in [0.15, 0.2) is 42.5 Å². The summed E-state index contributed by atoms with van der Waals surface area (Å²) < 4.78 is 0. The van der Waals surface area contributed by atoms with Crippen LogP contribution in [0.4, 0.5) is 0 Å². The van der Waals surface area contributed by atoms with Crippen molar-refractivity contribution in [2.45, 2.75) is 19.2 Å². The van der Waals surface area contributed by atoms with Crippen LogP contribution in [0.5, 0.6) is 0 Å². The van der Waals surface area contributed by atoms with E-state index in [0.717, 1.165) is 21.7 Å². The average Bonchev–Trinajstić information content (AvgIpc) is 2.32. The van der Waals surface area contributed by atoms with Gasteiger partial charge in [-0.3, -0.25) is 0 Å². The maximum absolute atomic E-state index is 6.50. The second kappa shape index (κ2) is 5.12. The molecule has 0 radical (unpaired) electrons. The van der Waals surface area contributed by atoms with Gasteiger partial charge < -0.3 is 0 Å². The minimum Gasteiger partial charge on any atom is -0.113 e. The first-order chi connectivity index (χ1) is 8.08. The van der Waals surface area contributed by atoms with Gasteiger partial charge in [-0.1, -0.05) is 47.5 Å². The van der Waals surface area contributed by atoms with Gasteiger partial charge >= 0.3 is 0 Å².